The quantitative estimate of drug-likeness (QED) is 0.321. The average molecular weight is 429 g/mol. The standard InChI is InChI=1S/C21H17F2N3O5/c1-28-18(27)17(31-21-25-19(29-2)24-20(26-21)30-3)16(12-6-4-8-14(22)10-12)13-7-5-9-15(23)11-13/h4-11H,1-3H3. The van der Waals surface area contributed by atoms with E-state index < -0.39 is 23.4 Å². The molecule has 1 aromatic heterocycles. The number of hydrogen-bond donors (Lipinski definition) is 0. The molecule has 0 bridgehead atoms. The van der Waals surface area contributed by atoms with E-state index in [1.165, 1.54) is 62.8 Å². The number of rotatable bonds is 7. The molecule has 2 aromatic carbocycles. The van der Waals surface area contributed by atoms with Crippen LogP contribution in [0.1, 0.15) is 11.1 Å². The Bertz CT molecular complexity index is 1070. The van der Waals surface area contributed by atoms with Crippen LogP contribution in [0.3, 0.4) is 0 Å². The van der Waals surface area contributed by atoms with E-state index in [-0.39, 0.29) is 34.7 Å². The van der Waals surface area contributed by atoms with Crippen LogP contribution in [0, 0.1) is 11.6 Å². The maximum absolute atomic E-state index is 14.0. The third-order valence-corrected chi connectivity index (χ3v) is 3.96. The number of aromatic nitrogens is 3. The molecule has 0 aliphatic heterocycles. The molecule has 3 aromatic rings. The minimum absolute atomic E-state index is 0.0594. The molecule has 0 amide bonds. The van der Waals surface area contributed by atoms with Gasteiger partial charge in [0.15, 0.2) is 0 Å². The van der Waals surface area contributed by atoms with E-state index in [0.717, 1.165) is 7.11 Å². The van der Waals surface area contributed by atoms with Crippen LogP contribution in [0.25, 0.3) is 5.57 Å². The second-order valence-corrected chi connectivity index (χ2v) is 5.91. The van der Waals surface area contributed by atoms with Crippen LogP contribution < -0.4 is 14.2 Å². The van der Waals surface area contributed by atoms with Crippen LogP contribution in [0.5, 0.6) is 18.0 Å². The molecule has 0 atom stereocenters. The number of nitrogens with zero attached hydrogens (tertiary/aromatic N) is 3. The molecule has 0 fully saturated rings. The molecule has 0 aliphatic rings. The van der Waals surface area contributed by atoms with E-state index in [2.05, 4.69) is 15.0 Å². The van der Waals surface area contributed by atoms with Crippen LogP contribution in [0.4, 0.5) is 8.78 Å². The normalized spacial score (nSPS) is 10.2. The Hall–Kier alpha value is -4.08. The number of carbonyl (C=O) groups excluding carboxylic acids is 1. The van der Waals surface area contributed by atoms with Crippen molar-refractivity contribution < 1.29 is 32.5 Å². The number of methoxy groups -OCH3 is 3. The van der Waals surface area contributed by atoms with Gasteiger partial charge in [-0.1, -0.05) is 24.3 Å². The Kier molecular flexibility index (Phi) is 6.71. The van der Waals surface area contributed by atoms with Gasteiger partial charge in [0.25, 0.3) is 0 Å². The van der Waals surface area contributed by atoms with Crippen molar-refractivity contribution in [3.8, 4) is 18.0 Å². The van der Waals surface area contributed by atoms with Crippen molar-refractivity contribution in [2.75, 3.05) is 21.3 Å². The first-order valence-corrected chi connectivity index (χ1v) is 8.81. The van der Waals surface area contributed by atoms with E-state index in [9.17, 15) is 13.6 Å². The van der Waals surface area contributed by atoms with Crippen molar-refractivity contribution in [3.05, 3.63) is 77.1 Å². The molecule has 3 rings (SSSR count). The summed E-state index contributed by atoms with van der Waals surface area (Å²) >= 11 is 0. The molecule has 0 saturated carbocycles. The highest BCUT2D eigenvalue weighted by Gasteiger charge is 2.25. The molecule has 10 heteroatoms. The number of carbonyl (C=O) groups is 1. The molecule has 0 saturated heterocycles. The zero-order valence-corrected chi connectivity index (χ0v) is 16.8. The Morgan fingerprint density at radius 3 is 1.68 bits per heavy atom. The van der Waals surface area contributed by atoms with Crippen molar-refractivity contribution >= 4 is 11.5 Å². The first-order valence-electron chi connectivity index (χ1n) is 8.81. The second-order valence-electron chi connectivity index (χ2n) is 5.91. The zero-order chi connectivity index (χ0) is 22.4. The topological polar surface area (TPSA) is 92.7 Å². The van der Waals surface area contributed by atoms with Gasteiger partial charge in [0.2, 0.25) is 5.76 Å². The Labute approximate surface area is 176 Å². The van der Waals surface area contributed by atoms with Gasteiger partial charge in [-0.3, -0.25) is 0 Å². The summed E-state index contributed by atoms with van der Waals surface area (Å²) in [4.78, 5) is 24.4. The van der Waals surface area contributed by atoms with Crippen molar-refractivity contribution in [2.24, 2.45) is 0 Å². The van der Waals surface area contributed by atoms with E-state index >= 15 is 0 Å². The van der Waals surface area contributed by atoms with Gasteiger partial charge in [0.05, 0.1) is 21.3 Å². The lowest BCUT2D eigenvalue weighted by Gasteiger charge is -2.15. The van der Waals surface area contributed by atoms with Crippen molar-refractivity contribution in [3.63, 3.8) is 0 Å². The summed E-state index contributed by atoms with van der Waals surface area (Å²) in [6.07, 6.45) is 0. The van der Waals surface area contributed by atoms with Crippen molar-refractivity contribution in [2.45, 2.75) is 0 Å². The predicted octanol–water partition coefficient (Wildman–Crippen LogP) is 3.18. The third kappa shape index (κ3) is 5.10. The summed E-state index contributed by atoms with van der Waals surface area (Å²) in [5.74, 6) is -2.48. The minimum atomic E-state index is -0.929. The van der Waals surface area contributed by atoms with Gasteiger partial charge >= 0.3 is 24.0 Å². The molecule has 0 unspecified atom stereocenters. The lowest BCUT2D eigenvalue weighted by molar-refractivity contribution is -0.138. The summed E-state index contributed by atoms with van der Waals surface area (Å²) in [5.41, 5.74) is 0.530. The first-order chi connectivity index (χ1) is 14.9. The van der Waals surface area contributed by atoms with E-state index in [0.29, 0.717) is 0 Å². The van der Waals surface area contributed by atoms with Crippen LogP contribution in [0.2, 0.25) is 0 Å². The molecule has 160 valence electrons. The van der Waals surface area contributed by atoms with Gasteiger partial charge in [0.1, 0.15) is 11.6 Å². The average Bonchev–Trinajstić information content (AvgIpc) is 2.78. The monoisotopic (exact) mass is 429 g/mol. The van der Waals surface area contributed by atoms with E-state index in [1.54, 1.807) is 0 Å². The SMILES string of the molecule is COC(=O)C(Oc1nc(OC)nc(OC)n1)=C(c1cccc(F)c1)c1cccc(F)c1. The smallest absolute Gasteiger partial charge is 0.374 e. The molecule has 31 heavy (non-hydrogen) atoms. The largest absolute Gasteiger partial charge is 0.467 e. The fraction of sp³-hybridized carbons (Fsp3) is 0.143. The summed E-state index contributed by atoms with van der Waals surface area (Å²) in [6, 6.07) is 10.1. The molecular formula is C21H17F2N3O5. The minimum Gasteiger partial charge on any atom is -0.467 e. The van der Waals surface area contributed by atoms with Crippen molar-refractivity contribution in [1.82, 2.24) is 15.0 Å². The molecule has 8 nitrogen and oxygen atoms in total. The van der Waals surface area contributed by atoms with Gasteiger partial charge in [0, 0.05) is 5.57 Å². The summed E-state index contributed by atoms with van der Waals surface area (Å²) in [7, 11) is 3.77. The number of esters is 1. The molecule has 0 aliphatic carbocycles. The molecule has 0 N–H and O–H groups in total. The van der Waals surface area contributed by atoms with E-state index in [1.807, 2.05) is 0 Å². The first kappa shape index (κ1) is 21.6. The van der Waals surface area contributed by atoms with Crippen LogP contribution in [-0.2, 0) is 9.53 Å². The Balaban J connectivity index is 2.27. The van der Waals surface area contributed by atoms with E-state index in [4.69, 9.17) is 18.9 Å². The molecule has 0 radical (unpaired) electrons. The second kappa shape index (κ2) is 9.61. The van der Waals surface area contributed by atoms with Gasteiger partial charge in [-0.15, -0.1) is 15.0 Å². The Morgan fingerprint density at radius 1 is 0.774 bits per heavy atom. The summed E-state index contributed by atoms with van der Waals surface area (Å²) in [5, 5.41) is 0. The van der Waals surface area contributed by atoms with Crippen LogP contribution in [-0.4, -0.2) is 42.3 Å². The van der Waals surface area contributed by atoms with Crippen molar-refractivity contribution in [1.29, 1.82) is 0 Å². The lowest BCUT2D eigenvalue weighted by atomic mass is 9.96. The number of hydrogen-bond acceptors (Lipinski definition) is 8. The molecule has 1 heterocycles. The van der Waals surface area contributed by atoms with Gasteiger partial charge < -0.3 is 18.9 Å². The maximum atomic E-state index is 14.0. The summed E-state index contributed by atoms with van der Waals surface area (Å²) < 4.78 is 48.4. The fourth-order valence-corrected chi connectivity index (χ4v) is 2.64. The number of ether oxygens (including phenoxy) is 4. The zero-order valence-electron chi connectivity index (χ0n) is 16.8. The fourth-order valence-electron chi connectivity index (χ4n) is 2.64. The third-order valence-electron chi connectivity index (χ3n) is 3.96. The molecule has 0 spiro atoms. The molecular weight excluding hydrogens is 412 g/mol. The summed E-state index contributed by atoms with van der Waals surface area (Å²) in [6.45, 7) is 0. The highest BCUT2D eigenvalue weighted by Crippen LogP contribution is 2.30. The van der Waals surface area contributed by atoms with Gasteiger partial charge in [-0.25, -0.2) is 13.6 Å². The van der Waals surface area contributed by atoms with Gasteiger partial charge in [-0.2, -0.15) is 0 Å². The van der Waals surface area contributed by atoms with Crippen LogP contribution in [0.15, 0.2) is 54.3 Å². The van der Waals surface area contributed by atoms with Crippen LogP contribution >= 0.6 is 0 Å². The van der Waals surface area contributed by atoms with Gasteiger partial charge in [-0.05, 0) is 35.4 Å². The maximum Gasteiger partial charge on any atom is 0.374 e. The highest BCUT2D eigenvalue weighted by atomic mass is 19.1. The number of benzene rings is 2. The highest BCUT2D eigenvalue weighted by molar-refractivity contribution is 6.00. The number of halogens is 2. The lowest BCUT2D eigenvalue weighted by Crippen LogP contribution is -2.16. The Morgan fingerprint density at radius 2 is 1.26 bits per heavy atom. The predicted molar refractivity (Wildman–Crippen MR) is 104 cm³/mol.